The minimum Gasteiger partial charge on any atom is -0.457 e. The fraction of sp³-hybridized carbons (Fsp3) is 0.720. The van der Waals surface area contributed by atoms with Crippen molar-refractivity contribution in [2.75, 3.05) is 0 Å². The highest BCUT2D eigenvalue weighted by molar-refractivity contribution is 14.1. The van der Waals surface area contributed by atoms with Crippen LogP contribution in [0.15, 0.2) is 34.0 Å². The third kappa shape index (κ3) is 7.20. The van der Waals surface area contributed by atoms with Crippen LogP contribution in [0.25, 0.3) is 0 Å². The van der Waals surface area contributed by atoms with Crippen molar-refractivity contribution in [2.24, 2.45) is 11.8 Å². The first-order chi connectivity index (χ1) is 14.5. The first-order valence-electron chi connectivity index (χ1n) is 11.6. The fourth-order valence-corrected chi connectivity index (χ4v) is 5.31. The summed E-state index contributed by atoms with van der Waals surface area (Å²) in [5, 5.41) is 0. The molecule has 3 unspecified atom stereocenters. The van der Waals surface area contributed by atoms with E-state index in [1.807, 2.05) is 10.2 Å². The number of carbonyl (C=O) groups is 1. The smallest absolute Gasteiger partial charge is 0.309 e. The molecule has 3 aliphatic rings. The highest BCUT2D eigenvalue weighted by Crippen LogP contribution is 2.33. The Balaban J connectivity index is 1.80. The molecule has 0 aliphatic carbocycles. The molecule has 0 spiro atoms. The van der Waals surface area contributed by atoms with Gasteiger partial charge in [0.05, 0.1) is 30.8 Å². The Morgan fingerprint density at radius 1 is 0.967 bits per heavy atom. The summed E-state index contributed by atoms with van der Waals surface area (Å²) in [5.41, 5.74) is 1.38. The van der Waals surface area contributed by atoms with Crippen molar-refractivity contribution in [1.29, 1.82) is 0 Å². The zero-order valence-electron chi connectivity index (χ0n) is 18.6. The second kappa shape index (κ2) is 11.8. The molecule has 0 saturated carbocycles. The predicted molar refractivity (Wildman–Crippen MR) is 129 cm³/mol. The molecule has 7 atom stereocenters. The molecule has 30 heavy (non-hydrogen) atoms. The average Bonchev–Trinajstić information content (AvgIpc) is 2.71. The van der Waals surface area contributed by atoms with Crippen LogP contribution >= 0.6 is 22.6 Å². The molecule has 0 aromatic heterocycles. The van der Waals surface area contributed by atoms with E-state index in [4.69, 9.17) is 14.2 Å². The number of fused-ring (bicyclic) bond motifs is 4. The summed E-state index contributed by atoms with van der Waals surface area (Å²) in [5.74, 6) is 0.389. The first kappa shape index (κ1) is 24.0. The van der Waals surface area contributed by atoms with Gasteiger partial charge in [-0.3, -0.25) is 4.79 Å². The molecule has 4 bridgehead atoms. The monoisotopic (exact) mass is 528 g/mol. The largest absolute Gasteiger partial charge is 0.457 e. The fourth-order valence-electron chi connectivity index (χ4n) is 4.90. The number of cyclic esters (lactones) is 1. The average molecular weight is 528 g/mol. The Kier molecular flexibility index (Phi) is 9.45. The maximum absolute atomic E-state index is 12.7. The molecule has 3 rings (SSSR count). The van der Waals surface area contributed by atoms with Crippen molar-refractivity contribution >= 4 is 28.6 Å². The number of hydrogen-bond donors (Lipinski definition) is 0. The maximum Gasteiger partial charge on any atom is 0.309 e. The predicted octanol–water partition coefficient (Wildman–Crippen LogP) is 6.29. The van der Waals surface area contributed by atoms with Crippen LogP contribution in [-0.2, 0) is 19.0 Å². The second-order valence-corrected chi connectivity index (χ2v) is 9.94. The third-order valence-corrected chi connectivity index (χ3v) is 6.97. The highest BCUT2D eigenvalue weighted by atomic mass is 127. The molecule has 0 aromatic carbocycles. The van der Waals surface area contributed by atoms with Gasteiger partial charge in [0, 0.05) is 12.3 Å². The number of carbonyl (C=O) groups excluding carboxylic acids is 1. The standard InChI is InChI=1S/C25H37IO4/c1-4-19-13-22-15-21-7-5-6-20(28-21)12-17(2)8-9-18(3)24(10-11-26)30-25(27)16-23(14-19)29-22/h4,8-11,17-18,20-24H,5-7,12-16H2,1-3H3/t17-,18-,20+,21?,22+,23?,24?/m0/s1. The van der Waals surface area contributed by atoms with Gasteiger partial charge >= 0.3 is 5.97 Å². The highest BCUT2D eigenvalue weighted by Gasteiger charge is 2.32. The minimum absolute atomic E-state index is 0.107. The molecular formula is C25H37IO4. The Bertz CT molecular complexity index is 656. The van der Waals surface area contributed by atoms with Gasteiger partial charge in [-0.1, -0.05) is 60.2 Å². The Morgan fingerprint density at radius 3 is 2.40 bits per heavy atom. The third-order valence-electron chi connectivity index (χ3n) is 6.56. The van der Waals surface area contributed by atoms with Gasteiger partial charge in [-0.05, 0) is 61.5 Å². The topological polar surface area (TPSA) is 44.8 Å². The zero-order chi connectivity index (χ0) is 21.5. The van der Waals surface area contributed by atoms with E-state index in [0.29, 0.717) is 18.4 Å². The van der Waals surface area contributed by atoms with Gasteiger partial charge in [0.15, 0.2) is 0 Å². The SMILES string of the molecule is CC=C1CC2CC(=O)OC(C=CI)[C@@H](C)C=C[C@H](C)C[C@H]3CCCC(C[C@@H](C1)O2)O3. The van der Waals surface area contributed by atoms with Gasteiger partial charge in [0.2, 0.25) is 0 Å². The van der Waals surface area contributed by atoms with E-state index in [1.54, 1.807) is 0 Å². The molecule has 3 aliphatic heterocycles. The van der Waals surface area contributed by atoms with E-state index >= 15 is 0 Å². The number of esters is 1. The van der Waals surface area contributed by atoms with E-state index in [1.165, 1.54) is 12.0 Å². The number of ether oxygens (including phenoxy) is 3. The molecule has 2 fully saturated rings. The zero-order valence-corrected chi connectivity index (χ0v) is 20.8. The molecule has 5 heteroatoms. The lowest BCUT2D eigenvalue weighted by Gasteiger charge is -2.37. The molecule has 2 saturated heterocycles. The summed E-state index contributed by atoms with van der Waals surface area (Å²) in [4.78, 5) is 12.7. The molecule has 4 nitrogen and oxygen atoms in total. The molecule has 3 heterocycles. The van der Waals surface area contributed by atoms with Gasteiger partial charge in [-0.25, -0.2) is 0 Å². The summed E-state index contributed by atoms with van der Waals surface area (Å²) in [6.45, 7) is 6.45. The van der Waals surface area contributed by atoms with Crippen LogP contribution in [0.3, 0.4) is 0 Å². The number of rotatable bonds is 1. The molecule has 168 valence electrons. The van der Waals surface area contributed by atoms with Crippen molar-refractivity contribution in [1.82, 2.24) is 0 Å². The second-order valence-electron chi connectivity index (χ2n) is 9.22. The lowest BCUT2D eigenvalue weighted by molar-refractivity contribution is -0.154. The van der Waals surface area contributed by atoms with Crippen molar-refractivity contribution in [2.45, 2.75) is 103 Å². The van der Waals surface area contributed by atoms with Crippen molar-refractivity contribution < 1.29 is 19.0 Å². The van der Waals surface area contributed by atoms with Gasteiger partial charge < -0.3 is 14.2 Å². The Morgan fingerprint density at radius 2 is 1.67 bits per heavy atom. The van der Waals surface area contributed by atoms with Crippen LogP contribution in [0.4, 0.5) is 0 Å². The van der Waals surface area contributed by atoms with Crippen LogP contribution in [0.5, 0.6) is 0 Å². The molecule has 0 radical (unpaired) electrons. The summed E-state index contributed by atoms with van der Waals surface area (Å²) >= 11 is 2.19. The Labute approximate surface area is 195 Å². The normalized spacial score (nSPS) is 40.5. The Hall–Kier alpha value is -0.660. The maximum atomic E-state index is 12.7. The number of hydrogen-bond acceptors (Lipinski definition) is 4. The van der Waals surface area contributed by atoms with Gasteiger partial charge in [0.25, 0.3) is 0 Å². The molecule has 0 N–H and O–H groups in total. The van der Waals surface area contributed by atoms with E-state index in [-0.39, 0.29) is 36.3 Å². The van der Waals surface area contributed by atoms with Gasteiger partial charge in [-0.2, -0.15) is 0 Å². The van der Waals surface area contributed by atoms with E-state index in [0.717, 1.165) is 38.5 Å². The van der Waals surface area contributed by atoms with E-state index in [2.05, 4.69) is 61.6 Å². The molecule has 0 amide bonds. The van der Waals surface area contributed by atoms with Crippen LogP contribution in [0.1, 0.15) is 72.1 Å². The van der Waals surface area contributed by atoms with Crippen molar-refractivity contribution in [3.05, 3.63) is 34.0 Å². The van der Waals surface area contributed by atoms with E-state index < -0.39 is 0 Å². The van der Waals surface area contributed by atoms with Crippen LogP contribution in [0.2, 0.25) is 0 Å². The summed E-state index contributed by atoms with van der Waals surface area (Å²) in [7, 11) is 0. The van der Waals surface area contributed by atoms with Crippen LogP contribution in [-0.4, -0.2) is 36.5 Å². The van der Waals surface area contributed by atoms with E-state index in [9.17, 15) is 4.79 Å². The molecule has 0 aromatic rings. The summed E-state index contributed by atoms with van der Waals surface area (Å²) < 4.78 is 20.7. The minimum atomic E-state index is -0.248. The van der Waals surface area contributed by atoms with Crippen molar-refractivity contribution in [3.63, 3.8) is 0 Å². The first-order valence-corrected chi connectivity index (χ1v) is 12.8. The summed E-state index contributed by atoms with van der Waals surface area (Å²) in [6, 6.07) is 0. The molecular weight excluding hydrogens is 491 g/mol. The summed E-state index contributed by atoms with van der Waals surface area (Å²) in [6.07, 6.45) is 16.5. The van der Waals surface area contributed by atoms with Gasteiger partial charge in [-0.15, -0.1) is 0 Å². The quantitative estimate of drug-likeness (QED) is 0.228. The van der Waals surface area contributed by atoms with Crippen molar-refractivity contribution in [3.8, 4) is 0 Å². The lowest BCUT2D eigenvalue weighted by atomic mass is 9.90. The lowest BCUT2D eigenvalue weighted by Crippen LogP contribution is -2.37. The van der Waals surface area contributed by atoms with Gasteiger partial charge in [0.1, 0.15) is 6.10 Å². The number of allylic oxidation sites excluding steroid dienone is 2. The number of halogens is 1. The van der Waals surface area contributed by atoms with Crippen LogP contribution in [0, 0.1) is 11.8 Å². The van der Waals surface area contributed by atoms with Crippen LogP contribution < -0.4 is 0 Å².